The van der Waals surface area contributed by atoms with Crippen molar-refractivity contribution in [3.63, 3.8) is 0 Å². The fraction of sp³-hybridized carbons (Fsp3) is 0.800. The molecule has 0 aromatic carbocycles. The van der Waals surface area contributed by atoms with Crippen LogP contribution in [-0.4, -0.2) is 29.3 Å². The molecule has 1 aliphatic rings. The number of nitrogens with zero attached hydrogens (tertiary/aromatic N) is 2. The summed E-state index contributed by atoms with van der Waals surface area (Å²) >= 11 is 0. The third-order valence-electron chi connectivity index (χ3n) is 3.96. The first-order valence-electron chi connectivity index (χ1n) is 7.81. The Morgan fingerprint density at radius 3 is 2.57 bits per heavy atom. The number of hydrogen-bond donors (Lipinski definition) is 0. The van der Waals surface area contributed by atoms with Gasteiger partial charge in [0.15, 0.2) is 0 Å². The summed E-state index contributed by atoms with van der Waals surface area (Å²) in [5, 5.41) is 4.08. The van der Waals surface area contributed by atoms with Gasteiger partial charge in [0.05, 0.1) is 6.61 Å². The Hall–Kier alpha value is -1.43. The molecule has 6 nitrogen and oxygen atoms in total. The van der Waals surface area contributed by atoms with E-state index in [9.17, 15) is 4.79 Å². The molecule has 2 rings (SSSR count). The van der Waals surface area contributed by atoms with E-state index in [0.717, 1.165) is 25.7 Å². The van der Waals surface area contributed by atoms with Gasteiger partial charge in [0, 0.05) is 6.61 Å². The zero-order valence-corrected chi connectivity index (χ0v) is 13.1. The van der Waals surface area contributed by atoms with Gasteiger partial charge in [-0.3, -0.25) is 4.79 Å². The summed E-state index contributed by atoms with van der Waals surface area (Å²) in [6, 6.07) is 0. The summed E-state index contributed by atoms with van der Waals surface area (Å²) in [5.74, 6) is 0.0925. The van der Waals surface area contributed by atoms with Gasteiger partial charge >= 0.3 is 5.97 Å². The van der Waals surface area contributed by atoms with Gasteiger partial charge in [-0.05, 0) is 46.0 Å². The van der Waals surface area contributed by atoms with Crippen LogP contribution in [0.15, 0.2) is 4.52 Å². The monoisotopic (exact) mass is 296 g/mol. The minimum Gasteiger partial charge on any atom is -0.465 e. The van der Waals surface area contributed by atoms with Gasteiger partial charge in [-0.2, -0.15) is 4.98 Å². The van der Waals surface area contributed by atoms with Crippen LogP contribution in [0.3, 0.4) is 0 Å². The Bertz CT molecular complexity index is 466. The highest BCUT2D eigenvalue weighted by Gasteiger charge is 2.41. The van der Waals surface area contributed by atoms with Gasteiger partial charge in [0.25, 0.3) is 0 Å². The number of hydrogen-bond acceptors (Lipinski definition) is 6. The summed E-state index contributed by atoms with van der Waals surface area (Å²) in [7, 11) is 0. The van der Waals surface area contributed by atoms with E-state index in [0.29, 0.717) is 31.3 Å². The molecule has 118 valence electrons. The minimum atomic E-state index is -0.494. The molecular weight excluding hydrogens is 272 g/mol. The Morgan fingerprint density at radius 1 is 1.29 bits per heavy atom. The lowest BCUT2D eigenvalue weighted by Gasteiger charge is -2.24. The lowest BCUT2D eigenvalue weighted by atomic mass is 10.0. The molecule has 1 aliphatic carbocycles. The zero-order chi connectivity index (χ0) is 15.3. The van der Waals surface area contributed by atoms with E-state index in [1.807, 2.05) is 13.8 Å². The van der Waals surface area contributed by atoms with E-state index in [4.69, 9.17) is 14.0 Å². The second-order valence-corrected chi connectivity index (χ2v) is 5.30. The highest BCUT2D eigenvalue weighted by atomic mass is 16.5. The summed E-state index contributed by atoms with van der Waals surface area (Å²) in [6.07, 6.45) is 4.56. The second kappa shape index (κ2) is 7.02. The molecule has 1 aromatic heterocycles. The molecule has 0 radical (unpaired) electrons. The van der Waals surface area contributed by atoms with Crippen molar-refractivity contribution in [1.29, 1.82) is 0 Å². The summed E-state index contributed by atoms with van der Waals surface area (Å²) in [4.78, 5) is 16.4. The van der Waals surface area contributed by atoms with Crippen molar-refractivity contribution in [3.8, 4) is 0 Å². The molecule has 0 spiro atoms. The van der Waals surface area contributed by atoms with Crippen molar-refractivity contribution >= 4 is 5.97 Å². The Morgan fingerprint density at radius 2 is 2.00 bits per heavy atom. The molecular formula is C15H24N2O4. The maximum atomic E-state index is 11.9. The van der Waals surface area contributed by atoms with Crippen LogP contribution in [0.5, 0.6) is 0 Å². The molecule has 0 N–H and O–H groups in total. The smallest absolute Gasteiger partial charge is 0.318 e. The van der Waals surface area contributed by atoms with E-state index in [-0.39, 0.29) is 5.97 Å². The van der Waals surface area contributed by atoms with Crippen molar-refractivity contribution in [2.45, 2.75) is 64.4 Å². The Balaban J connectivity index is 2.21. The van der Waals surface area contributed by atoms with Crippen LogP contribution < -0.4 is 0 Å². The fourth-order valence-corrected chi connectivity index (χ4v) is 2.90. The third kappa shape index (κ3) is 3.26. The van der Waals surface area contributed by atoms with Crippen molar-refractivity contribution < 1.29 is 18.8 Å². The number of esters is 1. The molecule has 0 amide bonds. The summed E-state index contributed by atoms with van der Waals surface area (Å²) < 4.78 is 16.3. The van der Waals surface area contributed by atoms with E-state index < -0.39 is 11.5 Å². The average molecular weight is 296 g/mol. The molecule has 0 saturated heterocycles. The van der Waals surface area contributed by atoms with Crippen LogP contribution in [0.25, 0.3) is 0 Å². The van der Waals surface area contributed by atoms with Crippen LogP contribution in [0.2, 0.25) is 0 Å². The normalized spacial score (nSPS) is 18.6. The quantitative estimate of drug-likeness (QED) is 0.720. The largest absolute Gasteiger partial charge is 0.465 e. The highest BCUT2D eigenvalue weighted by Crippen LogP contribution is 2.41. The van der Waals surface area contributed by atoms with Crippen molar-refractivity contribution in [1.82, 2.24) is 10.1 Å². The molecule has 0 aliphatic heterocycles. The van der Waals surface area contributed by atoms with E-state index >= 15 is 0 Å². The van der Waals surface area contributed by atoms with Crippen molar-refractivity contribution in [3.05, 3.63) is 11.7 Å². The zero-order valence-electron chi connectivity index (χ0n) is 13.1. The fourth-order valence-electron chi connectivity index (χ4n) is 2.90. The first-order chi connectivity index (χ1) is 10.2. The predicted octanol–water partition coefficient (Wildman–Crippen LogP) is 2.93. The van der Waals surface area contributed by atoms with Crippen molar-refractivity contribution in [2.24, 2.45) is 0 Å². The molecule has 21 heavy (non-hydrogen) atoms. The molecule has 1 fully saturated rings. The van der Waals surface area contributed by atoms with Gasteiger partial charge in [0.2, 0.25) is 11.7 Å². The maximum absolute atomic E-state index is 11.9. The lowest BCUT2D eigenvalue weighted by Crippen LogP contribution is -2.28. The van der Waals surface area contributed by atoms with Gasteiger partial charge < -0.3 is 14.0 Å². The highest BCUT2D eigenvalue weighted by molar-refractivity contribution is 5.76. The van der Waals surface area contributed by atoms with Crippen molar-refractivity contribution in [2.75, 3.05) is 13.2 Å². The number of carbonyl (C=O) groups excluding carboxylic acids is 1. The van der Waals surface area contributed by atoms with Gasteiger partial charge in [-0.25, -0.2) is 0 Å². The van der Waals surface area contributed by atoms with E-state index in [1.165, 1.54) is 0 Å². The Labute approximate surface area is 125 Å². The molecule has 1 saturated carbocycles. The molecule has 0 bridgehead atoms. The van der Waals surface area contributed by atoms with Crippen LogP contribution in [0.1, 0.15) is 70.5 Å². The standard InChI is InChI=1S/C15H24N2O4/c1-4-11(13(18)19-5-2)12-16-14(17-21-12)15(20-6-3)9-7-8-10-15/h11H,4-10H2,1-3H3. The number of ether oxygens (including phenoxy) is 2. The van der Waals surface area contributed by atoms with Crippen LogP contribution in [-0.2, 0) is 19.9 Å². The van der Waals surface area contributed by atoms with Crippen LogP contribution in [0, 0.1) is 0 Å². The SMILES string of the molecule is CCOC(=O)C(CC)c1nc(C2(OCC)CCCC2)no1. The summed E-state index contributed by atoms with van der Waals surface area (Å²) in [5.41, 5.74) is -0.441. The second-order valence-electron chi connectivity index (χ2n) is 5.30. The molecule has 1 unspecified atom stereocenters. The average Bonchev–Trinajstić information content (AvgIpc) is 3.10. The van der Waals surface area contributed by atoms with Gasteiger partial charge in [0.1, 0.15) is 11.5 Å². The lowest BCUT2D eigenvalue weighted by molar-refractivity contribution is -0.145. The summed E-state index contributed by atoms with van der Waals surface area (Å²) in [6.45, 7) is 6.61. The molecule has 6 heteroatoms. The van der Waals surface area contributed by atoms with Crippen LogP contribution in [0.4, 0.5) is 0 Å². The van der Waals surface area contributed by atoms with E-state index in [2.05, 4.69) is 10.1 Å². The number of rotatable bonds is 7. The third-order valence-corrected chi connectivity index (χ3v) is 3.96. The first kappa shape index (κ1) is 15.9. The number of carbonyl (C=O) groups is 1. The van der Waals surface area contributed by atoms with E-state index in [1.54, 1.807) is 6.92 Å². The molecule has 1 atom stereocenters. The minimum absolute atomic E-state index is 0.313. The number of aromatic nitrogens is 2. The first-order valence-corrected chi connectivity index (χ1v) is 7.81. The molecule has 1 heterocycles. The topological polar surface area (TPSA) is 74.5 Å². The molecule has 1 aromatic rings. The maximum Gasteiger partial charge on any atom is 0.318 e. The van der Waals surface area contributed by atoms with Crippen LogP contribution >= 0.6 is 0 Å². The van der Waals surface area contributed by atoms with Gasteiger partial charge in [-0.15, -0.1) is 0 Å². The predicted molar refractivity (Wildman–Crippen MR) is 75.7 cm³/mol. The van der Waals surface area contributed by atoms with Gasteiger partial charge in [-0.1, -0.05) is 12.1 Å². The Kier molecular flexibility index (Phi) is 5.33.